The summed E-state index contributed by atoms with van der Waals surface area (Å²) >= 11 is 0. The van der Waals surface area contributed by atoms with Crippen molar-refractivity contribution >= 4 is 17.5 Å². The smallest absolute Gasteiger partial charge is 0.343 e. The molecule has 7 heteroatoms. The number of hydrazone groups is 1. The second-order valence-electron chi connectivity index (χ2n) is 4.61. The number of carbonyl (C=O) groups excluding carboxylic acids is 1. The molecule has 116 valence electrons. The van der Waals surface area contributed by atoms with Gasteiger partial charge >= 0.3 is 5.97 Å². The topological polar surface area (TPSA) is 79.4 Å². The summed E-state index contributed by atoms with van der Waals surface area (Å²) < 4.78 is 17.9. The van der Waals surface area contributed by atoms with Crippen LogP contribution in [-0.4, -0.2) is 28.5 Å². The van der Waals surface area contributed by atoms with Crippen LogP contribution in [0.2, 0.25) is 0 Å². The fourth-order valence-electron chi connectivity index (χ4n) is 1.86. The highest BCUT2D eigenvalue weighted by Crippen LogP contribution is 2.17. The zero-order valence-corrected chi connectivity index (χ0v) is 12.6. The molecule has 2 aromatic rings. The van der Waals surface area contributed by atoms with E-state index in [1.165, 1.54) is 12.1 Å². The van der Waals surface area contributed by atoms with Crippen molar-refractivity contribution in [1.82, 2.24) is 10.2 Å². The lowest BCUT2D eigenvalue weighted by atomic mass is 10.1. The van der Waals surface area contributed by atoms with Gasteiger partial charge in [-0.15, -0.1) is 0 Å². The molecule has 22 heavy (non-hydrogen) atoms. The van der Waals surface area contributed by atoms with Gasteiger partial charge in [-0.25, -0.2) is 9.18 Å². The fourth-order valence-corrected chi connectivity index (χ4v) is 1.86. The lowest BCUT2D eigenvalue weighted by molar-refractivity contribution is 0.0526. The summed E-state index contributed by atoms with van der Waals surface area (Å²) in [6, 6.07) is 5.96. The first-order valence-electron chi connectivity index (χ1n) is 6.81. The van der Waals surface area contributed by atoms with E-state index in [4.69, 9.17) is 4.74 Å². The Balaban J connectivity index is 2.19. The minimum atomic E-state index is -0.467. The SMILES string of the molecule is CCOC(=O)c1c(NN=C(C)c2ccc(F)cc2)n[nH]c1C. The molecule has 0 radical (unpaired) electrons. The zero-order valence-electron chi connectivity index (χ0n) is 12.6. The normalized spacial score (nSPS) is 11.4. The maximum atomic E-state index is 12.9. The molecule has 0 bridgehead atoms. The van der Waals surface area contributed by atoms with E-state index in [-0.39, 0.29) is 18.2 Å². The highest BCUT2D eigenvalue weighted by molar-refractivity contribution is 6.00. The Kier molecular flexibility index (Phi) is 4.88. The number of aromatic nitrogens is 2. The van der Waals surface area contributed by atoms with Gasteiger partial charge in [-0.1, -0.05) is 12.1 Å². The van der Waals surface area contributed by atoms with E-state index >= 15 is 0 Å². The number of esters is 1. The van der Waals surface area contributed by atoms with Gasteiger partial charge in [-0.3, -0.25) is 10.5 Å². The van der Waals surface area contributed by atoms with E-state index in [1.807, 2.05) is 0 Å². The van der Waals surface area contributed by atoms with E-state index in [9.17, 15) is 9.18 Å². The van der Waals surface area contributed by atoms with Crippen LogP contribution >= 0.6 is 0 Å². The molecular weight excluding hydrogens is 287 g/mol. The van der Waals surface area contributed by atoms with Crippen LogP contribution in [0.15, 0.2) is 29.4 Å². The number of benzene rings is 1. The number of aromatic amines is 1. The van der Waals surface area contributed by atoms with Crippen molar-refractivity contribution in [3.05, 3.63) is 46.9 Å². The van der Waals surface area contributed by atoms with Crippen LogP contribution in [0.3, 0.4) is 0 Å². The molecular formula is C15H17FN4O2. The van der Waals surface area contributed by atoms with Crippen LogP contribution in [0, 0.1) is 12.7 Å². The maximum absolute atomic E-state index is 12.9. The Bertz CT molecular complexity index is 692. The third-order valence-electron chi connectivity index (χ3n) is 3.02. The minimum absolute atomic E-state index is 0.279. The molecule has 1 aromatic heterocycles. The van der Waals surface area contributed by atoms with Crippen molar-refractivity contribution in [1.29, 1.82) is 0 Å². The summed E-state index contributed by atoms with van der Waals surface area (Å²) in [6.45, 7) is 5.50. The summed E-state index contributed by atoms with van der Waals surface area (Å²) in [6.07, 6.45) is 0. The van der Waals surface area contributed by atoms with Crippen LogP contribution in [0.25, 0.3) is 0 Å². The van der Waals surface area contributed by atoms with Crippen LogP contribution in [0.4, 0.5) is 10.2 Å². The first kappa shape index (κ1) is 15.7. The highest BCUT2D eigenvalue weighted by Gasteiger charge is 2.19. The molecule has 0 spiro atoms. The summed E-state index contributed by atoms with van der Waals surface area (Å²) in [5.74, 6) is -0.486. The van der Waals surface area contributed by atoms with Crippen molar-refractivity contribution in [2.45, 2.75) is 20.8 Å². The first-order chi connectivity index (χ1) is 10.5. The number of carbonyl (C=O) groups is 1. The Labute approximate surface area is 127 Å². The first-order valence-corrected chi connectivity index (χ1v) is 6.81. The molecule has 1 heterocycles. The van der Waals surface area contributed by atoms with Gasteiger partial charge in [0, 0.05) is 5.69 Å². The lowest BCUT2D eigenvalue weighted by Crippen LogP contribution is -2.08. The lowest BCUT2D eigenvalue weighted by Gasteiger charge is -2.04. The summed E-state index contributed by atoms with van der Waals surface area (Å²) in [7, 11) is 0. The summed E-state index contributed by atoms with van der Waals surface area (Å²) in [5.41, 5.74) is 5.05. The number of aryl methyl sites for hydroxylation is 1. The van der Waals surface area contributed by atoms with Crippen molar-refractivity contribution in [3.63, 3.8) is 0 Å². The molecule has 0 aliphatic heterocycles. The number of H-pyrrole nitrogens is 1. The van der Waals surface area contributed by atoms with E-state index in [0.29, 0.717) is 17.0 Å². The van der Waals surface area contributed by atoms with Crippen LogP contribution in [-0.2, 0) is 4.74 Å². The van der Waals surface area contributed by atoms with Gasteiger partial charge in [0.2, 0.25) is 0 Å². The molecule has 0 aliphatic rings. The summed E-state index contributed by atoms with van der Waals surface area (Å²) in [4.78, 5) is 11.9. The molecule has 2 rings (SSSR count). The van der Waals surface area contributed by atoms with E-state index < -0.39 is 5.97 Å². The van der Waals surface area contributed by atoms with Gasteiger partial charge in [0.1, 0.15) is 11.4 Å². The van der Waals surface area contributed by atoms with Crippen LogP contribution in [0.5, 0.6) is 0 Å². The third kappa shape index (κ3) is 3.49. The Morgan fingerprint density at radius 2 is 2.09 bits per heavy atom. The van der Waals surface area contributed by atoms with E-state index in [0.717, 1.165) is 5.56 Å². The zero-order chi connectivity index (χ0) is 16.1. The molecule has 0 fully saturated rings. The number of nitrogens with zero attached hydrogens (tertiary/aromatic N) is 2. The Morgan fingerprint density at radius 1 is 1.41 bits per heavy atom. The van der Waals surface area contributed by atoms with Crippen molar-refractivity contribution in [2.24, 2.45) is 5.10 Å². The maximum Gasteiger partial charge on any atom is 0.343 e. The van der Waals surface area contributed by atoms with Gasteiger partial charge < -0.3 is 4.74 Å². The number of anilines is 1. The molecule has 0 aliphatic carbocycles. The molecule has 0 amide bonds. The minimum Gasteiger partial charge on any atom is -0.462 e. The predicted molar refractivity (Wildman–Crippen MR) is 81.5 cm³/mol. The van der Waals surface area contributed by atoms with Gasteiger partial charge in [-0.2, -0.15) is 10.2 Å². The second kappa shape index (κ2) is 6.84. The number of nitrogens with one attached hydrogen (secondary N) is 2. The molecule has 0 unspecified atom stereocenters. The monoisotopic (exact) mass is 304 g/mol. The van der Waals surface area contributed by atoms with Gasteiger partial charge in [-0.05, 0) is 38.5 Å². The third-order valence-corrected chi connectivity index (χ3v) is 3.02. The second-order valence-corrected chi connectivity index (χ2v) is 4.61. The largest absolute Gasteiger partial charge is 0.462 e. The number of hydrogen-bond donors (Lipinski definition) is 2. The average Bonchev–Trinajstić information content (AvgIpc) is 2.86. The molecule has 1 aromatic carbocycles. The number of hydrogen-bond acceptors (Lipinski definition) is 5. The quantitative estimate of drug-likeness (QED) is 0.506. The van der Waals surface area contributed by atoms with Gasteiger partial charge in [0.15, 0.2) is 5.82 Å². The standard InChI is InChI=1S/C15H17FN4O2/c1-4-22-15(21)13-10(3)18-20-14(13)19-17-9(2)11-5-7-12(16)8-6-11/h5-8H,4H2,1-3H3,(H2,18,19,20). The van der Waals surface area contributed by atoms with E-state index in [2.05, 4.69) is 20.7 Å². The van der Waals surface area contributed by atoms with Crippen molar-refractivity contribution < 1.29 is 13.9 Å². The molecule has 0 atom stereocenters. The van der Waals surface area contributed by atoms with E-state index in [1.54, 1.807) is 32.9 Å². The molecule has 2 N–H and O–H groups in total. The summed E-state index contributed by atoms with van der Waals surface area (Å²) in [5, 5.41) is 10.9. The fraction of sp³-hybridized carbons (Fsp3) is 0.267. The number of halogens is 1. The molecule has 0 saturated heterocycles. The van der Waals surface area contributed by atoms with Crippen LogP contribution in [0.1, 0.15) is 35.5 Å². The Hall–Kier alpha value is -2.70. The molecule has 6 nitrogen and oxygen atoms in total. The predicted octanol–water partition coefficient (Wildman–Crippen LogP) is 2.87. The molecule has 0 saturated carbocycles. The van der Waals surface area contributed by atoms with Gasteiger partial charge in [0.05, 0.1) is 12.3 Å². The van der Waals surface area contributed by atoms with Crippen molar-refractivity contribution in [3.8, 4) is 0 Å². The number of ether oxygens (including phenoxy) is 1. The van der Waals surface area contributed by atoms with Crippen LogP contribution < -0.4 is 5.43 Å². The van der Waals surface area contributed by atoms with Crippen molar-refractivity contribution in [2.75, 3.05) is 12.0 Å². The number of rotatable bonds is 5. The van der Waals surface area contributed by atoms with Gasteiger partial charge in [0.25, 0.3) is 0 Å². The highest BCUT2D eigenvalue weighted by atomic mass is 19.1. The Morgan fingerprint density at radius 3 is 2.73 bits per heavy atom. The average molecular weight is 304 g/mol.